The van der Waals surface area contributed by atoms with Gasteiger partial charge in [0.2, 0.25) is 11.8 Å². The zero-order valence-electron chi connectivity index (χ0n) is 20.0. The fourth-order valence-corrected chi connectivity index (χ4v) is 5.61. The van der Waals surface area contributed by atoms with Gasteiger partial charge in [-0.05, 0) is 74.6 Å². The van der Waals surface area contributed by atoms with Crippen molar-refractivity contribution in [1.29, 1.82) is 0 Å². The summed E-state index contributed by atoms with van der Waals surface area (Å²) in [6.45, 7) is 7.00. The third-order valence-corrected chi connectivity index (χ3v) is 7.58. The molecule has 2 aromatic carbocycles. The number of piperidine rings is 1. The topological polar surface area (TPSA) is 81.8 Å². The minimum atomic E-state index is -0.504. The van der Waals surface area contributed by atoms with E-state index < -0.39 is 6.04 Å². The van der Waals surface area contributed by atoms with E-state index >= 15 is 0 Å². The predicted octanol–water partition coefficient (Wildman–Crippen LogP) is 4.40. The van der Waals surface area contributed by atoms with Crippen molar-refractivity contribution in [2.75, 3.05) is 35.4 Å². The minimum Gasteiger partial charge on any atom is -0.324 e. The first-order valence-electron chi connectivity index (χ1n) is 11.7. The number of hydrogen-bond acceptors (Lipinski definition) is 4. The van der Waals surface area contributed by atoms with E-state index in [0.717, 1.165) is 35.3 Å². The van der Waals surface area contributed by atoms with Crippen LogP contribution < -0.4 is 10.6 Å². The van der Waals surface area contributed by atoms with Crippen LogP contribution in [-0.4, -0.2) is 58.4 Å². The lowest BCUT2D eigenvalue weighted by Gasteiger charge is -2.35. The SMILES string of the molecule is Cc1cccc(NC(=O)N2CCCC(C(=O)N3CSCC3C(=O)Nc3ccc(C)c(C)c3)C2)c1. The Balaban J connectivity index is 1.38. The van der Waals surface area contributed by atoms with Gasteiger partial charge in [-0.3, -0.25) is 9.59 Å². The Hall–Kier alpha value is -3.00. The Kier molecular flexibility index (Phi) is 7.46. The molecule has 0 radical (unpaired) electrons. The number of hydrogen-bond donors (Lipinski definition) is 2. The van der Waals surface area contributed by atoms with Crippen LogP contribution in [0.4, 0.5) is 16.2 Å². The molecule has 2 fully saturated rings. The number of nitrogens with one attached hydrogen (secondary N) is 2. The lowest BCUT2D eigenvalue weighted by Crippen LogP contribution is -2.51. The molecule has 4 amide bonds. The van der Waals surface area contributed by atoms with Crippen LogP contribution in [-0.2, 0) is 9.59 Å². The molecule has 2 aliphatic heterocycles. The summed E-state index contributed by atoms with van der Waals surface area (Å²) in [7, 11) is 0. The Morgan fingerprint density at radius 2 is 1.76 bits per heavy atom. The number of rotatable bonds is 4. The maximum absolute atomic E-state index is 13.4. The van der Waals surface area contributed by atoms with Gasteiger partial charge in [0.1, 0.15) is 6.04 Å². The number of amides is 4. The number of aryl methyl sites for hydroxylation is 3. The normalized spacial score (nSPS) is 20.2. The maximum Gasteiger partial charge on any atom is 0.321 e. The summed E-state index contributed by atoms with van der Waals surface area (Å²) in [6.07, 6.45) is 1.48. The summed E-state index contributed by atoms with van der Waals surface area (Å²) in [5.74, 6) is 0.570. The van der Waals surface area contributed by atoms with Crippen molar-refractivity contribution < 1.29 is 14.4 Å². The highest BCUT2D eigenvalue weighted by Gasteiger charge is 2.39. The van der Waals surface area contributed by atoms with Gasteiger partial charge in [-0.25, -0.2) is 4.79 Å². The Morgan fingerprint density at radius 3 is 2.53 bits per heavy atom. The number of carbonyl (C=O) groups is 3. The Morgan fingerprint density at radius 1 is 0.971 bits per heavy atom. The lowest BCUT2D eigenvalue weighted by atomic mass is 9.96. The van der Waals surface area contributed by atoms with Gasteiger partial charge in [-0.15, -0.1) is 11.8 Å². The van der Waals surface area contributed by atoms with Crippen molar-refractivity contribution >= 4 is 41.0 Å². The van der Waals surface area contributed by atoms with Gasteiger partial charge in [0.15, 0.2) is 0 Å². The van der Waals surface area contributed by atoms with Crippen molar-refractivity contribution in [3.63, 3.8) is 0 Å². The molecule has 2 heterocycles. The van der Waals surface area contributed by atoms with Crippen molar-refractivity contribution in [3.8, 4) is 0 Å². The summed E-state index contributed by atoms with van der Waals surface area (Å²) < 4.78 is 0. The summed E-state index contributed by atoms with van der Waals surface area (Å²) in [5, 5.41) is 5.92. The van der Waals surface area contributed by atoms with Crippen LogP contribution in [0.3, 0.4) is 0 Å². The molecular formula is C26H32N4O3S. The van der Waals surface area contributed by atoms with Crippen LogP contribution in [0, 0.1) is 26.7 Å². The number of likely N-dealkylation sites (tertiary alicyclic amines) is 1. The highest BCUT2D eigenvalue weighted by molar-refractivity contribution is 7.99. The highest BCUT2D eigenvalue weighted by atomic mass is 32.2. The standard InChI is InChI=1S/C26H32N4O3S/c1-17-6-4-8-21(12-17)28-26(33)29-11-5-7-20(14-29)25(32)30-16-34-15-23(30)24(31)27-22-10-9-18(2)19(3)13-22/h4,6,8-10,12-13,20,23H,5,7,11,14-16H2,1-3H3,(H,27,31)(H,28,33). The van der Waals surface area contributed by atoms with Crippen LogP contribution in [0.5, 0.6) is 0 Å². The summed E-state index contributed by atoms with van der Waals surface area (Å²) in [4.78, 5) is 42.6. The van der Waals surface area contributed by atoms with Crippen molar-refractivity contribution in [2.45, 2.75) is 39.7 Å². The second-order valence-electron chi connectivity index (χ2n) is 9.20. The highest BCUT2D eigenvalue weighted by Crippen LogP contribution is 2.28. The number of nitrogens with zero attached hydrogens (tertiary/aromatic N) is 2. The second kappa shape index (κ2) is 10.5. The van der Waals surface area contributed by atoms with E-state index in [4.69, 9.17) is 0 Å². The zero-order valence-corrected chi connectivity index (χ0v) is 20.8. The van der Waals surface area contributed by atoms with Gasteiger partial charge in [0.25, 0.3) is 0 Å². The van der Waals surface area contributed by atoms with E-state index in [9.17, 15) is 14.4 Å². The molecule has 8 heteroatoms. The van der Waals surface area contributed by atoms with Crippen LogP contribution in [0.2, 0.25) is 0 Å². The molecule has 7 nitrogen and oxygen atoms in total. The van der Waals surface area contributed by atoms with Crippen molar-refractivity contribution in [1.82, 2.24) is 9.80 Å². The average Bonchev–Trinajstić information content (AvgIpc) is 3.31. The number of carbonyl (C=O) groups excluding carboxylic acids is 3. The van der Waals surface area contributed by atoms with Gasteiger partial charge >= 0.3 is 6.03 Å². The molecule has 2 saturated heterocycles. The molecular weight excluding hydrogens is 448 g/mol. The smallest absolute Gasteiger partial charge is 0.321 e. The molecule has 4 rings (SSSR count). The third-order valence-electron chi connectivity index (χ3n) is 6.57. The summed E-state index contributed by atoms with van der Waals surface area (Å²) in [5.41, 5.74) is 4.84. The molecule has 180 valence electrons. The van der Waals surface area contributed by atoms with E-state index in [2.05, 4.69) is 10.6 Å². The molecule has 2 unspecified atom stereocenters. The molecule has 0 aromatic heterocycles. The number of anilines is 2. The van der Waals surface area contributed by atoms with E-state index in [1.807, 2.05) is 63.2 Å². The van der Waals surface area contributed by atoms with E-state index in [0.29, 0.717) is 24.7 Å². The van der Waals surface area contributed by atoms with Crippen LogP contribution in [0.25, 0.3) is 0 Å². The Labute approximate surface area is 205 Å². The van der Waals surface area contributed by atoms with Crippen LogP contribution >= 0.6 is 11.8 Å². The molecule has 2 N–H and O–H groups in total. The first kappa shape index (κ1) is 24.1. The van der Waals surface area contributed by atoms with Gasteiger partial charge in [0.05, 0.1) is 11.8 Å². The fraction of sp³-hybridized carbons (Fsp3) is 0.423. The van der Waals surface area contributed by atoms with Crippen molar-refractivity contribution in [2.24, 2.45) is 5.92 Å². The average molecular weight is 481 g/mol. The minimum absolute atomic E-state index is 0.0432. The van der Waals surface area contributed by atoms with Gasteiger partial charge in [-0.2, -0.15) is 0 Å². The lowest BCUT2D eigenvalue weighted by molar-refractivity contribution is -0.140. The quantitative estimate of drug-likeness (QED) is 0.680. The Bertz CT molecular complexity index is 1090. The molecule has 2 aromatic rings. The molecule has 0 saturated carbocycles. The monoisotopic (exact) mass is 480 g/mol. The molecule has 0 aliphatic carbocycles. The summed E-state index contributed by atoms with van der Waals surface area (Å²) in [6, 6.07) is 12.8. The molecule has 34 heavy (non-hydrogen) atoms. The maximum atomic E-state index is 13.4. The van der Waals surface area contributed by atoms with E-state index in [1.54, 1.807) is 21.6 Å². The first-order chi connectivity index (χ1) is 16.3. The van der Waals surface area contributed by atoms with Crippen LogP contribution in [0.15, 0.2) is 42.5 Å². The fourth-order valence-electron chi connectivity index (χ4n) is 4.44. The van der Waals surface area contributed by atoms with E-state index in [-0.39, 0.29) is 23.8 Å². The molecule has 0 spiro atoms. The van der Waals surface area contributed by atoms with Gasteiger partial charge in [-0.1, -0.05) is 18.2 Å². The number of benzene rings is 2. The molecule has 0 bridgehead atoms. The number of urea groups is 1. The molecule has 2 atom stereocenters. The zero-order chi connectivity index (χ0) is 24.2. The van der Waals surface area contributed by atoms with Crippen molar-refractivity contribution in [3.05, 3.63) is 59.2 Å². The summed E-state index contributed by atoms with van der Waals surface area (Å²) >= 11 is 1.59. The molecule has 2 aliphatic rings. The van der Waals surface area contributed by atoms with E-state index in [1.165, 1.54) is 5.56 Å². The third kappa shape index (κ3) is 5.55. The second-order valence-corrected chi connectivity index (χ2v) is 10.2. The van der Waals surface area contributed by atoms with Gasteiger partial charge < -0.3 is 20.4 Å². The predicted molar refractivity (Wildman–Crippen MR) is 137 cm³/mol. The largest absolute Gasteiger partial charge is 0.324 e. The number of thioether (sulfide) groups is 1. The van der Waals surface area contributed by atoms with Gasteiger partial charge in [0, 0.05) is 30.2 Å². The van der Waals surface area contributed by atoms with Crippen LogP contribution in [0.1, 0.15) is 29.5 Å². The first-order valence-corrected chi connectivity index (χ1v) is 12.9.